The van der Waals surface area contributed by atoms with Crippen molar-refractivity contribution in [1.29, 1.82) is 0 Å². The molecule has 0 saturated carbocycles. The van der Waals surface area contributed by atoms with Gasteiger partial charge >= 0.3 is 0 Å². The van der Waals surface area contributed by atoms with Crippen LogP contribution in [0.5, 0.6) is 0 Å². The van der Waals surface area contributed by atoms with Crippen LogP contribution in [0.4, 0.5) is 0 Å². The first-order valence-corrected chi connectivity index (χ1v) is 6.22. The number of hydrogen-bond acceptors (Lipinski definition) is 4. The van der Waals surface area contributed by atoms with Crippen molar-refractivity contribution in [3.05, 3.63) is 11.7 Å². The normalized spacial score (nSPS) is 17.4. The molecular formula is C12H19N3O2. The van der Waals surface area contributed by atoms with E-state index in [9.17, 15) is 4.79 Å². The second-order valence-electron chi connectivity index (χ2n) is 4.80. The lowest BCUT2D eigenvalue weighted by molar-refractivity contribution is -0.132. The van der Waals surface area contributed by atoms with Crippen LogP contribution in [0.3, 0.4) is 0 Å². The number of carbonyl (C=O) groups excluding carboxylic acids is 1. The maximum absolute atomic E-state index is 11.9. The van der Waals surface area contributed by atoms with E-state index in [0.29, 0.717) is 24.6 Å². The summed E-state index contributed by atoms with van der Waals surface area (Å²) in [6.07, 6.45) is 3.25. The first kappa shape index (κ1) is 12.1. The Morgan fingerprint density at radius 2 is 2.18 bits per heavy atom. The summed E-state index contributed by atoms with van der Waals surface area (Å²) in [5, 5.41) is 3.71. The van der Waals surface area contributed by atoms with Gasteiger partial charge in [-0.3, -0.25) is 4.79 Å². The van der Waals surface area contributed by atoms with Crippen molar-refractivity contribution in [3.8, 4) is 0 Å². The molecule has 1 saturated heterocycles. The van der Waals surface area contributed by atoms with Crippen molar-refractivity contribution in [2.75, 3.05) is 13.1 Å². The molecule has 5 heteroatoms. The summed E-state index contributed by atoms with van der Waals surface area (Å²) < 4.78 is 4.99. The Kier molecular flexibility index (Phi) is 3.76. The zero-order valence-corrected chi connectivity index (χ0v) is 10.5. The number of piperidine rings is 1. The molecule has 5 nitrogen and oxygen atoms in total. The third kappa shape index (κ3) is 3.28. The maximum Gasteiger partial charge on any atom is 0.227 e. The number of hydrogen-bond donors (Lipinski definition) is 0. The van der Waals surface area contributed by atoms with Crippen LogP contribution in [0.1, 0.15) is 37.9 Å². The summed E-state index contributed by atoms with van der Waals surface area (Å²) in [4.78, 5) is 18.0. The summed E-state index contributed by atoms with van der Waals surface area (Å²) in [7, 11) is 0. The zero-order valence-electron chi connectivity index (χ0n) is 10.5. The fourth-order valence-electron chi connectivity index (χ4n) is 2.07. The fraction of sp³-hybridized carbons (Fsp3) is 0.750. The molecule has 0 aromatic carbocycles. The van der Waals surface area contributed by atoms with Gasteiger partial charge in [-0.25, -0.2) is 0 Å². The molecule has 1 aromatic heterocycles. The summed E-state index contributed by atoms with van der Waals surface area (Å²) >= 11 is 0. The molecule has 0 N–H and O–H groups in total. The lowest BCUT2D eigenvalue weighted by atomic mass is 9.99. The highest BCUT2D eigenvalue weighted by Gasteiger charge is 2.20. The summed E-state index contributed by atoms with van der Waals surface area (Å²) in [5.41, 5.74) is 0. The molecule has 1 aliphatic heterocycles. The van der Waals surface area contributed by atoms with Crippen LogP contribution < -0.4 is 0 Å². The number of rotatable bonds is 3. The lowest BCUT2D eigenvalue weighted by Crippen LogP contribution is -2.38. The number of carbonyl (C=O) groups is 1. The average molecular weight is 237 g/mol. The molecule has 17 heavy (non-hydrogen) atoms. The minimum atomic E-state index is 0.202. The highest BCUT2D eigenvalue weighted by molar-refractivity contribution is 5.76. The van der Waals surface area contributed by atoms with Crippen molar-refractivity contribution < 1.29 is 9.32 Å². The van der Waals surface area contributed by atoms with Gasteiger partial charge in [-0.1, -0.05) is 12.1 Å². The second kappa shape index (κ2) is 5.29. The summed E-state index contributed by atoms with van der Waals surface area (Å²) in [6.45, 7) is 5.80. The lowest BCUT2D eigenvalue weighted by Gasteiger charge is -2.30. The molecule has 1 amide bonds. The van der Waals surface area contributed by atoms with Crippen LogP contribution in [0.15, 0.2) is 4.52 Å². The van der Waals surface area contributed by atoms with E-state index in [1.807, 2.05) is 4.90 Å². The molecule has 1 fully saturated rings. The van der Waals surface area contributed by atoms with Gasteiger partial charge in [-0.2, -0.15) is 4.98 Å². The molecular weight excluding hydrogens is 218 g/mol. The molecule has 94 valence electrons. The van der Waals surface area contributed by atoms with Crippen LogP contribution >= 0.6 is 0 Å². The third-order valence-corrected chi connectivity index (χ3v) is 3.26. The van der Waals surface area contributed by atoms with Crippen molar-refractivity contribution in [3.63, 3.8) is 0 Å². The molecule has 0 radical (unpaired) electrons. The molecule has 0 spiro atoms. The van der Waals surface area contributed by atoms with Gasteiger partial charge in [-0.15, -0.1) is 0 Å². The number of nitrogens with zero attached hydrogens (tertiary/aromatic N) is 3. The second-order valence-corrected chi connectivity index (χ2v) is 4.80. The van der Waals surface area contributed by atoms with Crippen LogP contribution in [0.25, 0.3) is 0 Å². The summed E-state index contributed by atoms with van der Waals surface area (Å²) in [5.74, 6) is 2.13. The smallest absolute Gasteiger partial charge is 0.227 e. The number of amides is 1. The average Bonchev–Trinajstić information content (AvgIpc) is 2.73. The maximum atomic E-state index is 11.9. The monoisotopic (exact) mass is 237 g/mol. The Balaban J connectivity index is 1.77. The van der Waals surface area contributed by atoms with E-state index < -0.39 is 0 Å². The highest BCUT2D eigenvalue weighted by Crippen LogP contribution is 2.17. The van der Waals surface area contributed by atoms with Crippen molar-refractivity contribution in [2.24, 2.45) is 5.92 Å². The van der Waals surface area contributed by atoms with Crippen molar-refractivity contribution in [2.45, 2.75) is 39.5 Å². The largest absolute Gasteiger partial charge is 0.343 e. The van der Waals surface area contributed by atoms with Crippen LogP contribution in [0, 0.1) is 12.8 Å². The standard InChI is InChI=1S/C12H19N3O2/c1-9-5-7-15(8-6-9)12(16)4-3-11-13-10(2)14-17-11/h9H,3-8H2,1-2H3. The topological polar surface area (TPSA) is 59.2 Å². The Hall–Kier alpha value is -1.39. The molecule has 2 rings (SSSR count). The third-order valence-electron chi connectivity index (χ3n) is 3.26. The SMILES string of the molecule is Cc1noc(CCC(=O)N2CCC(C)CC2)n1. The van der Waals surface area contributed by atoms with Gasteiger partial charge in [0.2, 0.25) is 11.8 Å². The van der Waals surface area contributed by atoms with E-state index in [0.717, 1.165) is 31.8 Å². The molecule has 0 atom stereocenters. The van der Waals surface area contributed by atoms with E-state index in [4.69, 9.17) is 4.52 Å². The van der Waals surface area contributed by atoms with Gasteiger partial charge in [0.05, 0.1) is 0 Å². The van der Waals surface area contributed by atoms with Gasteiger partial charge in [0, 0.05) is 25.9 Å². The molecule has 0 aliphatic carbocycles. The van der Waals surface area contributed by atoms with Gasteiger partial charge < -0.3 is 9.42 Å². The predicted octanol–water partition coefficient (Wildman–Crippen LogP) is 1.57. The van der Waals surface area contributed by atoms with E-state index in [1.165, 1.54) is 0 Å². The van der Waals surface area contributed by atoms with Gasteiger partial charge in [0.25, 0.3) is 0 Å². The van der Waals surface area contributed by atoms with E-state index in [1.54, 1.807) is 6.92 Å². The van der Waals surface area contributed by atoms with E-state index >= 15 is 0 Å². The predicted molar refractivity (Wildman–Crippen MR) is 62.3 cm³/mol. The van der Waals surface area contributed by atoms with E-state index in [2.05, 4.69) is 17.1 Å². The van der Waals surface area contributed by atoms with Gasteiger partial charge in [-0.05, 0) is 25.7 Å². The Morgan fingerprint density at radius 1 is 1.47 bits per heavy atom. The van der Waals surface area contributed by atoms with Crippen LogP contribution in [-0.2, 0) is 11.2 Å². The van der Waals surface area contributed by atoms with Gasteiger partial charge in [0.1, 0.15) is 0 Å². The number of aromatic nitrogens is 2. The fourth-order valence-corrected chi connectivity index (χ4v) is 2.07. The van der Waals surface area contributed by atoms with Crippen molar-refractivity contribution >= 4 is 5.91 Å². The Bertz CT molecular complexity index is 381. The summed E-state index contributed by atoms with van der Waals surface area (Å²) in [6, 6.07) is 0. The minimum absolute atomic E-state index is 0.202. The molecule has 2 heterocycles. The van der Waals surface area contributed by atoms with Crippen LogP contribution in [-0.4, -0.2) is 34.0 Å². The Morgan fingerprint density at radius 3 is 2.76 bits per heavy atom. The number of likely N-dealkylation sites (tertiary alicyclic amines) is 1. The quantitative estimate of drug-likeness (QED) is 0.800. The van der Waals surface area contributed by atoms with Crippen LogP contribution in [0.2, 0.25) is 0 Å². The van der Waals surface area contributed by atoms with Gasteiger partial charge in [0.15, 0.2) is 5.82 Å². The molecule has 1 aromatic rings. The van der Waals surface area contributed by atoms with E-state index in [-0.39, 0.29) is 5.91 Å². The zero-order chi connectivity index (χ0) is 12.3. The number of aryl methyl sites for hydroxylation is 2. The Labute approximate surface area is 101 Å². The minimum Gasteiger partial charge on any atom is -0.343 e. The highest BCUT2D eigenvalue weighted by atomic mass is 16.5. The first-order chi connectivity index (χ1) is 8.15. The molecule has 0 unspecified atom stereocenters. The molecule has 0 bridgehead atoms. The van der Waals surface area contributed by atoms with Crippen molar-refractivity contribution in [1.82, 2.24) is 15.0 Å². The first-order valence-electron chi connectivity index (χ1n) is 6.22. The molecule has 1 aliphatic rings.